The summed E-state index contributed by atoms with van der Waals surface area (Å²) in [6.07, 6.45) is 2.64. The van der Waals surface area contributed by atoms with Gasteiger partial charge in [0.05, 0.1) is 36.5 Å². The molecule has 2 atom stereocenters. The molecule has 4 aromatic rings. The van der Waals surface area contributed by atoms with Crippen molar-refractivity contribution in [3.8, 4) is 11.8 Å². The highest BCUT2D eigenvalue weighted by Gasteiger charge is 2.51. The Bertz CT molecular complexity index is 1800. The summed E-state index contributed by atoms with van der Waals surface area (Å²) in [5.41, 5.74) is 3.91. The smallest absolute Gasteiger partial charge is 0.334 e. The standard InChI is InChI=1S/C34H34N8O4/c1-2-16-40-22-31(44)41-29(18-24-11-13-27(43)14-12-24)33(45)39(20-26-9-6-10-28-32(26)37-23-38(28)17-15-35)21-30(41)42(40)34(46)36-19-25-7-4-3-5-8-25/h2-14,23,29-30,43H,1,16-22H2,(H,36,46)/t29-,30-/m0/s1. The average molecular weight is 619 g/mol. The fourth-order valence-electron chi connectivity index (χ4n) is 6.24. The van der Waals surface area contributed by atoms with Crippen LogP contribution in [-0.2, 0) is 35.6 Å². The van der Waals surface area contributed by atoms with Gasteiger partial charge >= 0.3 is 6.03 Å². The van der Waals surface area contributed by atoms with Crippen molar-refractivity contribution < 1.29 is 19.5 Å². The van der Waals surface area contributed by atoms with E-state index in [0.29, 0.717) is 5.52 Å². The average Bonchev–Trinajstić information content (AvgIpc) is 3.47. The summed E-state index contributed by atoms with van der Waals surface area (Å²) in [6.45, 7) is 4.67. The van der Waals surface area contributed by atoms with E-state index in [4.69, 9.17) is 0 Å². The number of nitrogens with zero attached hydrogens (tertiary/aromatic N) is 7. The molecule has 0 unspecified atom stereocenters. The minimum absolute atomic E-state index is 0.0678. The second kappa shape index (κ2) is 13.1. The van der Waals surface area contributed by atoms with Crippen LogP contribution in [0.4, 0.5) is 4.79 Å². The highest BCUT2D eigenvalue weighted by Crippen LogP contribution is 2.30. The molecular formula is C34H34N8O4. The van der Waals surface area contributed by atoms with Gasteiger partial charge in [0, 0.05) is 26.1 Å². The Morgan fingerprint density at radius 1 is 1.07 bits per heavy atom. The molecule has 4 amide bonds. The summed E-state index contributed by atoms with van der Waals surface area (Å²) in [6, 6.07) is 22.5. The monoisotopic (exact) mass is 618 g/mol. The van der Waals surface area contributed by atoms with Gasteiger partial charge in [-0.05, 0) is 34.9 Å². The number of hydrazine groups is 1. The van der Waals surface area contributed by atoms with Crippen molar-refractivity contribution in [1.82, 2.24) is 34.7 Å². The lowest BCUT2D eigenvalue weighted by molar-refractivity contribution is -0.189. The van der Waals surface area contributed by atoms with E-state index >= 15 is 0 Å². The zero-order valence-corrected chi connectivity index (χ0v) is 25.2. The van der Waals surface area contributed by atoms with Crippen LogP contribution in [-0.4, -0.2) is 84.2 Å². The molecule has 2 N–H and O–H groups in total. The third-order valence-corrected chi connectivity index (χ3v) is 8.37. The summed E-state index contributed by atoms with van der Waals surface area (Å²) in [7, 11) is 0. The third-order valence-electron chi connectivity index (χ3n) is 8.37. The van der Waals surface area contributed by atoms with Crippen LogP contribution in [0.1, 0.15) is 16.7 Å². The van der Waals surface area contributed by atoms with E-state index in [9.17, 15) is 24.8 Å². The number of carbonyl (C=O) groups excluding carboxylic acids is 3. The fraction of sp³-hybridized carbons (Fsp3) is 0.265. The zero-order chi connectivity index (χ0) is 32.2. The van der Waals surface area contributed by atoms with Gasteiger partial charge in [0.25, 0.3) is 0 Å². The largest absolute Gasteiger partial charge is 0.508 e. The van der Waals surface area contributed by atoms with Gasteiger partial charge in [-0.3, -0.25) is 9.59 Å². The Morgan fingerprint density at radius 3 is 2.59 bits per heavy atom. The van der Waals surface area contributed by atoms with Gasteiger partial charge in [0.1, 0.15) is 24.5 Å². The minimum atomic E-state index is -0.901. The first-order valence-electron chi connectivity index (χ1n) is 15.0. The summed E-state index contributed by atoms with van der Waals surface area (Å²) >= 11 is 0. The lowest BCUT2D eigenvalue weighted by atomic mass is 9.98. The molecule has 1 aromatic heterocycles. The first kappa shape index (κ1) is 30.4. The molecule has 0 radical (unpaired) electrons. The van der Waals surface area contributed by atoms with Crippen molar-refractivity contribution in [1.29, 1.82) is 5.26 Å². The lowest BCUT2D eigenvalue weighted by Gasteiger charge is -2.55. The van der Waals surface area contributed by atoms with Crippen LogP contribution >= 0.6 is 0 Å². The molecule has 0 aliphatic carbocycles. The van der Waals surface area contributed by atoms with Crippen molar-refractivity contribution in [3.05, 3.63) is 108 Å². The van der Waals surface area contributed by atoms with Crippen LogP contribution in [0.15, 0.2) is 91.8 Å². The zero-order valence-electron chi connectivity index (χ0n) is 25.2. The first-order valence-corrected chi connectivity index (χ1v) is 15.0. The maximum Gasteiger partial charge on any atom is 0.334 e. The van der Waals surface area contributed by atoms with Gasteiger partial charge < -0.3 is 24.8 Å². The van der Waals surface area contributed by atoms with Crippen LogP contribution in [0.2, 0.25) is 0 Å². The molecule has 2 aliphatic rings. The maximum atomic E-state index is 14.3. The molecule has 234 valence electrons. The molecular weight excluding hydrogens is 584 g/mol. The number of nitrogens with one attached hydrogen (secondary N) is 1. The molecule has 2 saturated heterocycles. The summed E-state index contributed by atoms with van der Waals surface area (Å²) in [5, 5.41) is 25.3. The Kier molecular flexibility index (Phi) is 8.67. The van der Waals surface area contributed by atoms with Crippen LogP contribution in [0.25, 0.3) is 11.0 Å². The van der Waals surface area contributed by atoms with E-state index in [-0.39, 0.29) is 63.3 Å². The molecule has 6 rings (SSSR count). The fourth-order valence-corrected chi connectivity index (χ4v) is 6.24. The predicted molar refractivity (Wildman–Crippen MR) is 169 cm³/mol. The van der Waals surface area contributed by atoms with Crippen molar-refractivity contribution >= 4 is 28.9 Å². The van der Waals surface area contributed by atoms with E-state index in [1.54, 1.807) is 51.1 Å². The molecule has 3 heterocycles. The molecule has 12 heteroatoms. The molecule has 0 saturated carbocycles. The van der Waals surface area contributed by atoms with Crippen LogP contribution in [0.5, 0.6) is 5.75 Å². The summed E-state index contributed by atoms with van der Waals surface area (Å²) in [4.78, 5) is 49.8. The normalized spacial score (nSPS) is 18.4. The van der Waals surface area contributed by atoms with Crippen LogP contribution in [0, 0.1) is 11.3 Å². The number of fused-ring (bicyclic) bond motifs is 2. The summed E-state index contributed by atoms with van der Waals surface area (Å²) < 4.78 is 1.75. The number of hydrogen-bond donors (Lipinski definition) is 2. The van der Waals surface area contributed by atoms with E-state index in [2.05, 4.69) is 22.9 Å². The number of rotatable bonds is 9. The number of para-hydroxylation sites is 1. The van der Waals surface area contributed by atoms with Crippen LogP contribution in [0.3, 0.4) is 0 Å². The highest BCUT2D eigenvalue weighted by molar-refractivity contribution is 5.92. The van der Waals surface area contributed by atoms with E-state index < -0.39 is 18.2 Å². The van der Waals surface area contributed by atoms with Gasteiger partial charge in [-0.2, -0.15) is 5.26 Å². The number of nitriles is 1. The second-order valence-electron chi connectivity index (χ2n) is 11.3. The molecule has 46 heavy (non-hydrogen) atoms. The highest BCUT2D eigenvalue weighted by atomic mass is 16.3. The molecule has 0 spiro atoms. The lowest BCUT2D eigenvalue weighted by Crippen LogP contribution is -2.76. The second-order valence-corrected chi connectivity index (χ2v) is 11.3. The number of phenols is 1. The number of piperazine rings is 1. The Labute approximate surface area is 266 Å². The maximum absolute atomic E-state index is 14.3. The van der Waals surface area contributed by atoms with Crippen molar-refractivity contribution in [3.63, 3.8) is 0 Å². The van der Waals surface area contributed by atoms with Crippen LogP contribution < -0.4 is 5.32 Å². The van der Waals surface area contributed by atoms with Gasteiger partial charge in [-0.25, -0.2) is 19.8 Å². The number of benzene rings is 3. The molecule has 0 bridgehead atoms. The number of urea groups is 1. The molecule has 2 fully saturated rings. The molecule has 12 nitrogen and oxygen atoms in total. The molecule has 3 aromatic carbocycles. The quantitative estimate of drug-likeness (QED) is 0.275. The number of carbonyl (C=O) groups is 3. The number of phenolic OH excluding ortho intramolecular Hbond substituents is 1. The van der Waals surface area contributed by atoms with E-state index in [0.717, 1.165) is 22.2 Å². The van der Waals surface area contributed by atoms with Crippen molar-refractivity contribution in [2.45, 2.75) is 38.3 Å². The topological polar surface area (TPSA) is 138 Å². The van der Waals surface area contributed by atoms with Gasteiger partial charge in [-0.15, -0.1) is 6.58 Å². The Morgan fingerprint density at radius 2 is 1.85 bits per heavy atom. The Hall–Kier alpha value is -5.67. The number of aromatic hydroxyl groups is 1. The third kappa shape index (κ3) is 6.00. The van der Waals surface area contributed by atoms with E-state index in [1.807, 2.05) is 48.5 Å². The number of aromatic nitrogens is 2. The number of hydrogen-bond acceptors (Lipinski definition) is 7. The molecule has 2 aliphatic heterocycles. The van der Waals surface area contributed by atoms with Gasteiger partial charge in [-0.1, -0.05) is 60.7 Å². The predicted octanol–water partition coefficient (Wildman–Crippen LogP) is 3.00. The number of imidazole rings is 1. The first-order chi connectivity index (χ1) is 22.4. The van der Waals surface area contributed by atoms with Crippen molar-refractivity contribution in [2.24, 2.45) is 0 Å². The van der Waals surface area contributed by atoms with Crippen molar-refractivity contribution in [2.75, 3.05) is 19.6 Å². The summed E-state index contributed by atoms with van der Waals surface area (Å²) in [5.74, 6) is -0.432. The Balaban J connectivity index is 1.37. The SMILES string of the molecule is C=CCN1CC(=O)N2[C@@H](Cc3ccc(O)cc3)C(=O)N(Cc3cccc4c3ncn4CC#N)C[C@@H]2N1C(=O)NCc1ccccc1. The minimum Gasteiger partial charge on any atom is -0.508 e. The van der Waals surface area contributed by atoms with E-state index in [1.165, 1.54) is 9.91 Å². The van der Waals surface area contributed by atoms with Gasteiger partial charge in [0.2, 0.25) is 11.8 Å². The van der Waals surface area contributed by atoms with Gasteiger partial charge in [0.15, 0.2) is 0 Å². The number of amides is 4.